The number of nitriles is 1. The summed E-state index contributed by atoms with van der Waals surface area (Å²) in [5.74, 6) is -0.0588. The minimum absolute atomic E-state index is 0.0302. The highest BCUT2D eigenvalue weighted by molar-refractivity contribution is 5.86. The first-order valence-electron chi connectivity index (χ1n) is 6.34. The van der Waals surface area contributed by atoms with Crippen LogP contribution in [0.3, 0.4) is 0 Å². The Morgan fingerprint density at radius 2 is 2.16 bits per heavy atom. The molecule has 0 spiro atoms. The Balaban J connectivity index is 2.31. The van der Waals surface area contributed by atoms with Gasteiger partial charge in [-0.15, -0.1) is 0 Å². The van der Waals surface area contributed by atoms with Gasteiger partial charge in [-0.1, -0.05) is 0 Å². The zero-order valence-corrected chi connectivity index (χ0v) is 10.8. The van der Waals surface area contributed by atoms with Crippen LogP contribution in [-0.2, 0) is 4.79 Å². The quantitative estimate of drug-likeness (QED) is 0.835. The van der Waals surface area contributed by atoms with Gasteiger partial charge in [-0.2, -0.15) is 5.26 Å². The molecular weight excluding hydrogens is 242 g/mol. The molecule has 5 heteroatoms. The van der Waals surface area contributed by atoms with Gasteiger partial charge in [0.05, 0.1) is 11.6 Å². The van der Waals surface area contributed by atoms with Crippen molar-refractivity contribution in [3.05, 3.63) is 29.8 Å². The lowest BCUT2D eigenvalue weighted by Gasteiger charge is -2.41. The number of carbonyl (C=O) groups excluding carboxylic acids is 1. The Labute approximate surface area is 112 Å². The molecule has 1 aliphatic heterocycles. The Morgan fingerprint density at radius 1 is 1.47 bits per heavy atom. The highest BCUT2D eigenvalue weighted by atomic mass is 16.3. The zero-order chi connectivity index (χ0) is 13.8. The fourth-order valence-corrected chi connectivity index (χ4v) is 2.43. The first-order chi connectivity index (χ1) is 9.17. The molecule has 2 unspecified atom stereocenters. The average molecular weight is 259 g/mol. The Kier molecular flexibility index (Phi) is 4.03. The van der Waals surface area contributed by atoms with E-state index in [2.05, 4.69) is 11.4 Å². The number of hydrogen-bond donors (Lipinski definition) is 2. The third kappa shape index (κ3) is 2.69. The SMILES string of the molecule is CC1CNC(=O)C(CCO)N1c1ccc(C#N)cc1. The first kappa shape index (κ1) is 13.4. The fraction of sp³-hybridized carbons (Fsp3) is 0.429. The van der Waals surface area contributed by atoms with Crippen molar-refractivity contribution in [1.29, 1.82) is 5.26 Å². The van der Waals surface area contributed by atoms with Gasteiger partial charge in [0.2, 0.25) is 5.91 Å². The Morgan fingerprint density at radius 3 is 2.74 bits per heavy atom. The summed E-state index contributed by atoms with van der Waals surface area (Å²) in [6.07, 6.45) is 0.399. The van der Waals surface area contributed by atoms with Crippen molar-refractivity contribution in [2.45, 2.75) is 25.4 Å². The van der Waals surface area contributed by atoms with Crippen molar-refractivity contribution in [2.75, 3.05) is 18.1 Å². The van der Waals surface area contributed by atoms with Crippen LogP contribution in [0.4, 0.5) is 5.69 Å². The van der Waals surface area contributed by atoms with Crippen molar-refractivity contribution in [3.63, 3.8) is 0 Å². The predicted molar refractivity (Wildman–Crippen MR) is 71.6 cm³/mol. The molecule has 0 bridgehead atoms. The summed E-state index contributed by atoms with van der Waals surface area (Å²) in [5, 5.41) is 20.8. The number of aliphatic hydroxyl groups excluding tert-OH is 1. The van der Waals surface area contributed by atoms with E-state index in [0.717, 1.165) is 5.69 Å². The highest BCUT2D eigenvalue weighted by Crippen LogP contribution is 2.24. The van der Waals surface area contributed by atoms with Gasteiger partial charge in [0.25, 0.3) is 0 Å². The molecule has 0 aliphatic carbocycles. The molecule has 1 aromatic rings. The van der Waals surface area contributed by atoms with Crippen LogP contribution in [0.2, 0.25) is 0 Å². The average Bonchev–Trinajstić information content (AvgIpc) is 2.44. The van der Waals surface area contributed by atoms with Crippen LogP contribution in [0.25, 0.3) is 0 Å². The summed E-state index contributed by atoms with van der Waals surface area (Å²) in [4.78, 5) is 13.9. The van der Waals surface area contributed by atoms with Gasteiger partial charge in [0.15, 0.2) is 0 Å². The molecule has 1 fully saturated rings. The Hall–Kier alpha value is -2.06. The highest BCUT2D eigenvalue weighted by Gasteiger charge is 2.33. The summed E-state index contributed by atoms with van der Waals surface area (Å²) in [6.45, 7) is 2.58. The van der Waals surface area contributed by atoms with Gasteiger partial charge in [-0.05, 0) is 37.6 Å². The van der Waals surface area contributed by atoms with Gasteiger partial charge >= 0.3 is 0 Å². The van der Waals surface area contributed by atoms with E-state index in [1.165, 1.54) is 0 Å². The molecule has 2 N–H and O–H groups in total. The predicted octanol–water partition coefficient (Wildman–Crippen LogP) is 0.634. The van der Waals surface area contributed by atoms with Crippen LogP contribution in [0.1, 0.15) is 18.9 Å². The summed E-state index contributed by atoms with van der Waals surface area (Å²) < 4.78 is 0. The van der Waals surface area contributed by atoms with E-state index >= 15 is 0 Å². The Bertz CT molecular complexity index is 492. The third-order valence-corrected chi connectivity index (χ3v) is 3.38. The molecule has 1 aromatic carbocycles. The van der Waals surface area contributed by atoms with Crippen molar-refractivity contribution < 1.29 is 9.90 Å². The zero-order valence-electron chi connectivity index (χ0n) is 10.8. The molecular formula is C14H17N3O2. The van der Waals surface area contributed by atoms with E-state index in [-0.39, 0.29) is 24.6 Å². The van der Waals surface area contributed by atoms with Gasteiger partial charge in [0, 0.05) is 24.9 Å². The molecule has 0 saturated carbocycles. The summed E-state index contributed by atoms with van der Waals surface area (Å²) >= 11 is 0. The number of aliphatic hydroxyl groups is 1. The standard InChI is InChI=1S/C14H17N3O2/c1-10-9-16-14(19)13(6-7-18)17(10)12-4-2-11(8-15)3-5-12/h2-5,10,13,18H,6-7,9H2,1H3,(H,16,19). The van der Waals surface area contributed by atoms with Crippen LogP contribution in [0.5, 0.6) is 0 Å². The molecule has 2 rings (SSSR count). The van der Waals surface area contributed by atoms with Crippen LogP contribution in [-0.4, -0.2) is 36.2 Å². The van der Waals surface area contributed by atoms with E-state index in [9.17, 15) is 4.79 Å². The van der Waals surface area contributed by atoms with Crippen LogP contribution < -0.4 is 10.2 Å². The van der Waals surface area contributed by atoms with Crippen LogP contribution >= 0.6 is 0 Å². The largest absolute Gasteiger partial charge is 0.396 e. The van der Waals surface area contributed by atoms with Crippen LogP contribution in [0, 0.1) is 11.3 Å². The summed E-state index contributed by atoms with van der Waals surface area (Å²) in [7, 11) is 0. The molecule has 0 radical (unpaired) electrons. The normalized spacial score (nSPS) is 22.8. The second-order valence-corrected chi connectivity index (χ2v) is 4.69. The maximum atomic E-state index is 11.9. The number of nitrogens with one attached hydrogen (secondary N) is 1. The van der Waals surface area contributed by atoms with Gasteiger partial charge in [-0.3, -0.25) is 4.79 Å². The van der Waals surface area contributed by atoms with Gasteiger partial charge in [0.1, 0.15) is 6.04 Å². The summed E-state index contributed by atoms with van der Waals surface area (Å²) in [5.41, 5.74) is 1.50. The first-order valence-corrected chi connectivity index (χ1v) is 6.34. The number of nitrogens with zero attached hydrogens (tertiary/aromatic N) is 2. The van der Waals surface area contributed by atoms with Crippen LogP contribution in [0.15, 0.2) is 24.3 Å². The molecule has 19 heavy (non-hydrogen) atoms. The van der Waals surface area contributed by atoms with Crippen molar-refractivity contribution in [3.8, 4) is 6.07 Å². The molecule has 5 nitrogen and oxygen atoms in total. The monoisotopic (exact) mass is 259 g/mol. The third-order valence-electron chi connectivity index (χ3n) is 3.38. The smallest absolute Gasteiger partial charge is 0.242 e. The molecule has 1 heterocycles. The fourth-order valence-electron chi connectivity index (χ4n) is 2.43. The number of piperazine rings is 1. The molecule has 100 valence electrons. The van der Waals surface area contributed by atoms with E-state index in [0.29, 0.717) is 18.5 Å². The molecule has 0 aromatic heterocycles. The molecule has 1 saturated heterocycles. The van der Waals surface area contributed by atoms with E-state index < -0.39 is 0 Å². The number of amides is 1. The van der Waals surface area contributed by atoms with E-state index in [1.54, 1.807) is 12.1 Å². The number of carbonyl (C=O) groups is 1. The minimum Gasteiger partial charge on any atom is -0.396 e. The lowest BCUT2D eigenvalue weighted by Crippen LogP contribution is -2.60. The van der Waals surface area contributed by atoms with E-state index in [4.69, 9.17) is 10.4 Å². The second-order valence-electron chi connectivity index (χ2n) is 4.69. The maximum absolute atomic E-state index is 11.9. The molecule has 1 amide bonds. The van der Waals surface area contributed by atoms with Gasteiger partial charge in [-0.25, -0.2) is 0 Å². The lowest BCUT2D eigenvalue weighted by molar-refractivity contribution is -0.124. The molecule has 1 aliphatic rings. The minimum atomic E-state index is -0.360. The van der Waals surface area contributed by atoms with Crippen molar-refractivity contribution >= 4 is 11.6 Å². The number of rotatable bonds is 3. The number of anilines is 1. The topological polar surface area (TPSA) is 76.4 Å². The number of benzene rings is 1. The van der Waals surface area contributed by atoms with Crippen molar-refractivity contribution in [1.82, 2.24) is 5.32 Å². The van der Waals surface area contributed by atoms with E-state index in [1.807, 2.05) is 24.0 Å². The lowest BCUT2D eigenvalue weighted by atomic mass is 10.0. The van der Waals surface area contributed by atoms with Gasteiger partial charge < -0.3 is 15.3 Å². The summed E-state index contributed by atoms with van der Waals surface area (Å²) in [6, 6.07) is 9.04. The molecule has 2 atom stereocenters. The second kappa shape index (κ2) is 5.72. The maximum Gasteiger partial charge on any atom is 0.242 e. The number of hydrogen-bond acceptors (Lipinski definition) is 4. The van der Waals surface area contributed by atoms with Crippen molar-refractivity contribution in [2.24, 2.45) is 0 Å².